The van der Waals surface area contributed by atoms with Crippen LogP contribution in [-0.2, 0) is 14.3 Å². The Balaban J connectivity index is 1.43. The van der Waals surface area contributed by atoms with Crippen LogP contribution in [0.3, 0.4) is 0 Å². The highest BCUT2D eigenvalue weighted by Crippen LogP contribution is 2.49. The lowest BCUT2D eigenvalue weighted by molar-refractivity contribution is -0.142. The average molecular weight is 428 g/mol. The summed E-state index contributed by atoms with van der Waals surface area (Å²) in [5.74, 6) is -1.81. The second-order valence-electron chi connectivity index (χ2n) is 8.96. The Labute approximate surface area is 186 Å². The van der Waals surface area contributed by atoms with E-state index in [9.17, 15) is 14.4 Å². The van der Waals surface area contributed by atoms with Crippen molar-refractivity contribution in [3.8, 4) is 0 Å². The zero-order chi connectivity index (χ0) is 21.8. The van der Waals surface area contributed by atoms with Crippen LogP contribution in [0.15, 0.2) is 60.7 Å². The number of Topliss-reactive ketones (excluding diaryl/α,β-unsaturated/α-hetero) is 1. The number of carbonyl (C=O) groups excluding carboxylic acids is 3. The molecule has 3 saturated heterocycles. The molecule has 4 heterocycles. The topological polar surface area (TPSA) is 66.9 Å². The summed E-state index contributed by atoms with van der Waals surface area (Å²) in [6.45, 7) is 0.947. The largest absolute Gasteiger partial charge is 0.376 e. The van der Waals surface area contributed by atoms with Crippen LogP contribution in [-0.4, -0.2) is 53.8 Å². The molecule has 6 rings (SSSR count). The lowest BCUT2D eigenvalue weighted by Gasteiger charge is -2.36. The van der Waals surface area contributed by atoms with E-state index < -0.39 is 17.9 Å². The van der Waals surface area contributed by atoms with Crippen LogP contribution in [0.1, 0.15) is 28.8 Å². The van der Waals surface area contributed by atoms with Gasteiger partial charge in [-0.05, 0) is 24.5 Å². The molecule has 32 heavy (non-hydrogen) atoms. The lowest BCUT2D eigenvalue weighted by Crippen LogP contribution is -2.49. The van der Waals surface area contributed by atoms with Gasteiger partial charge in [0.25, 0.3) is 0 Å². The van der Waals surface area contributed by atoms with E-state index in [4.69, 9.17) is 4.74 Å². The summed E-state index contributed by atoms with van der Waals surface area (Å²) in [7, 11) is 0. The van der Waals surface area contributed by atoms with Crippen molar-refractivity contribution < 1.29 is 19.1 Å². The molecule has 5 atom stereocenters. The first-order chi connectivity index (χ1) is 15.6. The molecule has 162 valence electrons. The predicted octanol–water partition coefficient (Wildman–Crippen LogP) is 2.93. The van der Waals surface area contributed by atoms with Crippen molar-refractivity contribution in [3.05, 3.63) is 71.8 Å². The second-order valence-corrected chi connectivity index (χ2v) is 8.96. The third-order valence-corrected chi connectivity index (χ3v) is 7.24. The van der Waals surface area contributed by atoms with Crippen LogP contribution in [0, 0.1) is 11.8 Å². The van der Waals surface area contributed by atoms with E-state index in [-0.39, 0.29) is 36.3 Å². The molecule has 0 bridgehead atoms. The minimum Gasteiger partial charge on any atom is -0.376 e. The highest BCUT2D eigenvalue weighted by atomic mass is 16.5. The Bertz CT molecular complexity index is 1120. The van der Waals surface area contributed by atoms with Crippen LogP contribution < -0.4 is 4.90 Å². The molecule has 2 amide bonds. The molecule has 6 nitrogen and oxygen atoms in total. The van der Waals surface area contributed by atoms with Crippen LogP contribution in [0.2, 0.25) is 0 Å². The first kappa shape index (κ1) is 19.4. The van der Waals surface area contributed by atoms with Gasteiger partial charge in [-0.1, -0.05) is 60.7 Å². The fourth-order valence-electron chi connectivity index (χ4n) is 5.82. The molecule has 2 aromatic rings. The van der Waals surface area contributed by atoms with E-state index in [1.807, 2.05) is 59.5 Å². The zero-order valence-corrected chi connectivity index (χ0v) is 17.6. The normalized spacial score (nSPS) is 30.4. The van der Waals surface area contributed by atoms with Crippen molar-refractivity contribution >= 4 is 29.4 Å². The van der Waals surface area contributed by atoms with Crippen molar-refractivity contribution in [3.63, 3.8) is 0 Å². The first-order valence-electron chi connectivity index (χ1n) is 11.3. The Morgan fingerprint density at radius 1 is 0.969 bits per heavy atom. The summed E-state index contributed by atoms with van der Waals surface area (Å²) in [6.07, 6.45) is 5.67. The molecule has 2 aromatic carbocycles. The number of carbonyl (C=O) groups is 3. The standard InChI is InChI=1S/C26H24N2O4/c29-24(17-8-2-1-3-9-17)23-22-21(20-13-12-16-7-4-5-11-19(16)28(20)23)25(30)27(26(22)31)15-18-10-6-14-32-18/h1-5,7-9,11-13,18,20-23H,6,10,14-15H2/t18-,20+,21-,22+,23-/m0/s1. The minimum atomic E-state index is -0.718. The number of fused-ring (bicyclic) bond motifs is 5. The van der Waals surface area contributed by atoms with Crippen LogP contribution in [0.5, 0.6) is 0 Å². The van der Waals surface area contributed by atoms with Gasteiger partial charge in [-0.2, -0.15) is 0 Å². The van der Waals surface area contributed by atoms with E-state index in [0.717, 1.165) is 24.1 Å². The summed E-state index contributed by atoms with van der Waals surface area (Å²) in [6, 6.07) is 15.9. The SMILES string of the molecule is O=C(c1ccccc1)[C@@H]1[C@@H]2C(=O)N(C[C@@H]3CCCO3)C(=O)[C@H]2[C@H]2C=Cc3ccccc3N21. The summed E-state index contributed by atoms with van der Waals surface area (Å²) in [4.78, 5) is 44.3. The number of ether oxygens (including phenoxy) is 1. The van der Waals surface area contributed by atoms with E-state index >= 15 is 0 Å². The van der Waals surface area contributed by atoms with Gasteiger partial charge in [0.2, 0.25) is 11.8 Å². The fourth-order valence-corrected chi connectivity index (χ4v) is 5.82. The fraction of sp³-hybridized carbons (Fsp3) is 0.346. The van der Waals surface area contributed by atoms with Crippen LogP contribution >= 0.6 is 0 Å². The second kappa shape index (κ2) is 7.41. The molecule has 4 aliphatic heterocycles. The van der Waals surface area contributed by atoms with Crippen LogP contribution in [0.4, 0.5) is 5.69 Å². The first-order valence-corrected chi connectivity index (χ1v) is 11.3. The van der Waals surface area contributed by atoms with Crippen molar-refractivity contribution in [2.45, 2.75) is 31.0 Å². The number of benzene rings is 2. The Kier molecular flexibility index (Phi) is 4.50. The highest BCUT2D eigenvalue weighted by Gasteiger charge is 2.64. The van der Waals surface area contributed by atoms with E-state index in [1.54, 1.807) is 12.1 Å². The number of nitrogens with zero attached hydrogens (tertiary/aromatic N) is 2. The molecule has 6 heteroatoms. The van der Waals surface area contributed by atoms with Crippen LogP contribution in [0.25, 0.3) is 6.08 Å². The molecule has 0 spiro atoms. The molecule has 0 aliphatic carbocycles. The summed E-state index contributed by atoms with van der Waals surface area (Å²) >= 11 is 0. The smallest absolute Gasteiger partial charge is 0.235 e. The van der Waals surface area contributed by atoms with Gasteiger partial charge < -0.3 is 9.64 Å². The molecule has 0 unspecified atom stereocenters. The molecule has 0 aromatic heterocycles. The third-order valence-electron chi connectivity index (χ3n) is 7.24. The highest BCUT2D eigenvalue weighted by molar-refractivity contribution is 6.14. The van der Waals surface area contributed by atoms with Crippen molar-refractivity contribution in [1.29, 1.82) is 0 Å². The molecular weight excluding hydrogens is 404 g/mol. The number of hydrogen-bond acceptors (Lipinski definition) is 5. The van der Waals surface area contributed by atoms with Gasteiger partial charge in [-0.3, -0.25) is 19.3 Å². The molecule has 3 fully saturated rings. The Morgan fingerprint density at radius 3 is 2.50 bits per heavy atom. The van der Waals surface area contributed by atoms with Gasteiger partial charge in [0.1, 0.15) is 6.04 Å². The van der Waals surface area contributed by atoms with Gasteiger partial charge in [-0.15, -0.1) is 0 Å². The maximum absolute atomic E-state index is 13.8. The lowest BCUT2D eigenvalue weighted by atomic mass is 9.86. The molecular formula is C26H24N2O4. The number of imide groups is 1. The minimum absolute atomic E-state index is 0.108. The van der Waals surface area contributed by atoms with Gasteiger partial charge in [0.15, 0.2) is 5.78 Å². The summed E-state index contributed by atoms with van der Waals surface area (Å²) < 4.78 is 5.69. The monoisotopic (exact) mass is 428 g/mol. The number of rotatable bonds is 4. The summed E-state index contributed by atoms with van der Waals surface area (Å²) in [5, 5.41) is 0. The van der Waals surface area contributed by atoms with Gasteiger partial charge in [0, 0.05) is 17.9 Å². The molecule has 0 N–H and O–H groups in total. The molecule has 0 radical (unpaired) electrons. The van der Waals surface area contributed by atoms with E-state index in [0.29, 0.717) is 12.2 Å². The quantitative estimate of drug-likeness (QED) is 0.553. The Hall–Kier alpha value is -3.25. The number of para-hydroxylation sites is 1. The Morgan fingerprint density at radius 2 is 1.72 bits per heavy atom. The van der Waals surface area contributed by atoms with E-state index in [1.165, 1.54) is 4.90 Å². The zero-order valence-electron chi connectivity index (χ0n) is 17.6. The summed E-state index contributed by atoms with van der Waals surface area (Å²) in [5.41, 5.74) is 2.45. The van der Waals surface area contributed by atoms with Gasteiger partial charge >= 0.3 is 0 Å². The van der Waals surface area contributed by atoms with E-state index in [2.05, 4.69) is 0 Å². The number of ketones is 1. The maximum atomic E-state index is 13.8. The van der Waals surface area contributed by atoms with Crippen molar-refractivity contribution in [1.82, 2.24) is 4.90 Å². The van der Waals surface area contributed by atoms with Gasteiger partial charge in [0.05, 0.1) is 30.5 Å². The number of amides is 2. The molecule has 4 aliphatic rings. The average Bonchev–Trinajstić information content (AvgIpc) is 3.52. The number of hydrogen-bond donors (Lipinski definition) is 0. The van der Waals surface area contributed by atoms with Gasteiger partial charge in [-0.25, -0.2) is 0 Å². The van der Waals surface area contributed by atoms with Crippen molar-refractivity contribution in [2.24, 2.45) is 11.8 Å². The number of anilines is 1. The maximum Gasteiger partial charge on any atom is 0.235 e. The van der Waals surface area contributed by atoms with Crippen molar-refractivity contribution in [2.75, 3.05) is 18.1 Å². The predicted molar refractivity (Wildman–Crippen MR) is 119 cm³/mol. The third kappa shape index (κ3) is 2.79. The molecule has 0 saturated carbocycles. The number of likely N-dealkylation sites (tertiary alicyclic amines) is 1.